The van der Waals surface area contributed by atoms with Crippen LogP contribution in [0.15, 0.2) is 58.3 Å². The van der Waals surface area contributed by atoms with Crippen molar-refractivity contribution in [3.63, 3.8) is 0 Å². The molecule has 0 fully saturated rings. The van der Waals surface area contributed by atoms with E-state index in [0.717, 1.165) is 5.69 Å². The molecule has 2 heterocycles. The maximum atomic E-state index is 9.85. The summed E-state index contributed by atoms with van der Waals surface area (Å²) >= 11 is 5.93. The minimum Gasteiger partial charge on any atom is -0.507 e. The summed E-state index contributed by atoms with van der Waals surface area (Å²) in [6.45, 7) is 0. The van der Waals surface area contributed by atoms with Crippen LogP contribution < -0.4 is 10.7 Å². The molecule has 10 heteroatoms. The van der Waals surface area contributed by atoms with E-state index in [2.05, 4.69) is 40.8 Å². The van der Waals surface area contributed by atoms with Crippen molar-refractivity contribution in [2.75, 3.05) is 10.7 Å². The van der Waals surface area contributed by atoms with E-state index in [-0.39, 0.29) is 17.0 Å². The number of hydrogen-bond donors (Lipinski definition) is 3. The lowest BCUT2D eigenvalue weighted by atomic mass is 10.2. The highest BCUT2D eigenvalue weighted by atomic mass is 35.5. The molecule has 0 aliphatic heterocycles. The molecule has 0 bridgehead atoms. The smallest absolute Gasteiger partial charge is 0.245 e. The molecule has 3 N–H and O–H groups in total. The molecule has 0 spiro atoms. The molecule has 0 aliphatic carbocycles. The number of rotatable bonds is 5. The summed E-state index contributed by atoms with van der Waals surface area (Å²) in [6.07, 6.45) is 1.42. The van der Waals surface area contributed by atoms with Gasteiger partial charge >= 0.3 is 0 Å². The normalized spacial score (nSPS) is 11.1. The first-order chi connectivity index (χ1) is 13.2. The number of nitrogens with zero attached hydrogens (tertiary/aromatic N) is 5. The van der Waals surface area contributed by atoms with Crippen molar-refractivity contribution in [1.82, 2.24) is 20.3 Å². The highest BCUT2D eigenvalue weighted by Crippen LogP contribution is 2.24. The van der Waals surface area contributed by atoms with Crippen molar-refractivity contribution in [2.45, 2.75) is 0 Å². The van der Waals surface area contributed by atoms with Crippen molar-refractivity contribution in [3.05, 3.63) is 59.1 Å². The lowest BCUT2D eigenvalue weighted by Crippen LogP contribution is -2.03. The number of halogens is 1. The lowest BCUT2D eigenvalue weighted by molar-refractivity contribution is 0.314. The van der Waals surface area contributed by atoms with E-state index in [9.17, 15) is 5.11 Å². The van der Waals surface area contributed by atoms with Crippen LogP contribution >= 0.6 is 11.6 Å². The maximum absolute atomic E-state index is 9.85. The van der Waals surface area contributed by atoms with Gasteiger partial charge in [-0.05, 0) is 40.6 Å². The summed E-state index contributed by atoms with van der Waals surface area (Å²) in [7, 11) is 0. The number of hydrogen-bond acceptors (Lipinski definition) is 9. The van der Waals surface area contributed by atoms with Gasteiger partial charge in [0.05, 0.1) is 6.21 Å². The molecule has 0 aliphatic rings. The summed E-state index contributed by atoms with van der Waals surface area (Å²) in [5.74, 6) is 0.742. The summed E-state index contributed by atoms with van der Waals surface area (Å²) in [5.41, 5.74) is 4.53. The van der Waals surface area contributed by atoms with E-state index in [0.29, 0.717) is 22.2 Å². The Balaban J connectivity index is 1.64. The van der Waals surface area contributed by atoms with Crippen LogP contribution in [0.3, 0.4) is 0 Å². The van der Waals surface area contributed by atoms with Gasteiger partial charge in [-0.15, -0.1) is 0 Å². The zero-order valence-corrected chi connectivity index (χ0v) is 14.4. The fraction of sp³-hybridized carbons (Fsp3) is 0. The van der Waals surface area contributed by atoms with Gasteiger partial charge in [-0.3, -0.25) is 5.43 Å². The van der Waals surface area contributed by atoms with Crippen molar-refractivity contribution in [2.24, 2.45) is 5.10 Å². The molecular formula is C17H12ClN7O2. The SMILES string of the molecule is Oc1ccc(Cl)cc1C=NNc1nc2nonc2nc1Nc1ccccc1. The molecule has 0 radical (unpaired) electrons. The molecule has 4 aromatic rings. The first-order valence-corrected chi connectivity index (χ1v) is 8.17. The standard InChI is InChI=1S/C17H12ClN7O2/c18-11-6-7-13(26)10(8-11)9-19-23-15-14(20-12-4-2-1-3-5-12)21-16-17(22-15)25-27-24-16/h1-9,26H,(H,20,21,24)(H,22,23,25). The number of phenols is 1. The van der Waals surface area contributed by atoms with Gasteiger partial charge in [-0.1, -0.05) is 29.8 Å². The zero-order chi connectivity index (χ0) is 18.6. The third-order valence-electron chi connectivity index (χ3n) is 3.51. The molecule has 0 saturated carbocycles. The second-order valence-corrected chi connectivity index (χ2v) is 5.83. The lowest BCUT2D eigenvalue weighted by Gasteiger charge is -2.09. The highest BCUT2D eigenvalue weighted by Gasteiger charge is 2.12. The summed E-state index contributed by atoms with van der Waals surface area (Å²) in [5, 5.41) is 24.9. The number of aromatic hydroxyl groups is 1. The van der Waals surface area contributed by atoms with E-state index in [1.807, 2.05) is 30.3 Å². The number of benzene rings is 2. The van der Waals surface area contributed by atoms with E-state index in [4.69, 9.17) is 11.6 Å². The molecule has 0 amide bonds. The predicted octanol–water partition coefficient (Wildman–Crippen LogP) is 3.56. The molecule has 0 atom stereocenters. The molecular weight excluding hydrogens is 370 g/mol. The van der Waals surface area contributed by atoms with Gasteiger partial charge in [-0.25, -0.2) is 9.61 Å². The molecule has 2 aromatic carbocycles. The zero-order valence-electron chi connectivity index (χ0n) is 13.7. The average Bonchev–Trinajstić information content (AvgIpc) is 3.13. The number of para-hydroxylation sites is 1. The molecule has 134 valence electrons. The molecule has 2 aromatic heterocycles. The van der Waals surface area contributed by atoms with Gasteiger partial charge < -0.3 is 10.4 Å². The Labute approximate surface area is 157 Å². The summed E-state index contributed by atoms with van der Waals surface area (Å²) in [4.78, 5) is 8.64. The Morgan fingerprint density at radius 3 is 2.52 bits per heavy atom. The molecule has 0 saturated heterocycles. The van der Waals surface area contributed by atoms with Crippen molar-refractivity contribution in [3.8, 4) is 5.75 Å². The van der Waals surface area contributed by atoms with Crippen LogP contribution in [0.25, 0.3) is 11.3 Å². The van der Waals surface area contributed by atoms with Crippen LogP contribution in [-0.2, 0) is 0 Å². The van der Waals surface area contributed by atoms with Gasteiger partial charge in [0.25, 0.3) is 0 Å². The van der Waals surface area contributed by atoms with Crippen molar-refractivity contribution >= 4 is 46.4 Å². The van der Waals surface area contributed by atoms with Crippen LogP contribution in [-0.4, -0.2) is 31.6 Å². The largest absolute Gasteiger partial charge is 0.507 e. The van der Waals surface area contributed by atoms with E-state index < -0.39 is 0 Å². The van der Waals surface area contributed by atoms with E-state index in [1.165, 1.54) is 12.3 Å². The summed E-state index contributed by atoms with van der Waals surface area (Å²) in [6, 6.07) is 14.1. The van der Waals surface area contributed by atoms with Crippen LogP contribution in [0.4, 0.5) is 17.3 Å². The van der Waals surface area contributed by atoms with Crippen molar-refractivity contribution < 1.29 is 9.74 Å². The number of anilines is 3. The molecule has 27 heavy (non-hydrogen) atoms. The minimum absolute atomic E-state index is 0.0508. The van der Waals surface area contributed by atoms with Gasteiger partial charge in [0.1, 0.15) is 5.75 Å². The number of fused-ring (bicyclic) bond motifs is 1. The van der Waals surface area contributed by atoms with Crippen LogP contribution in [0.5, 0.6) is 5.75 Å². The average molecular weight is 382 g/mol. The van der Waals surface area contributed by atoms with Gasteiger partial charge in [0.2, 0.25) is 11.3 Å². The fourth-order valence-corrected chi connectivity index (χ4v) is 2.43. The Kier molecular flexibility index (Phi) is 4.50. The van der Waals surface area contributed by atoms with Gasteiger partial charge in [0.15, 0.2) is 11.6 Å². The second kappa shape index (κ2) is 7.26. The second-order valence-electron chi connectivity index (χ2n) is 5.40. The summed E-state index contributed by atoms with van der Waals surface area (Å²) < 4.78 is 4.66. The topological polar surface area (TPSA) is 121 Å². The molecule has 0 unspecified atom stereocenters. The monoisotopic (exact) mass is 381 g/mol. The number of nitrogens with one attached hydrogen (secondary N) is 2. The Bertz CT molecular complexity index is 1110. The highest BCUT2D eigenvalue weighted by molar-refractivity contribution is 6.30. The van der Waals surface area contributed by atoms with Crippen LogP contribution in [0.2, 0.25) is 5.02 Å². The third-order valence-corrected chi connectivity index (χ3v) is 3.75. The number of phenolic OH excluding ortho intramolecular Hbond substituents is 1. The Morgan fingerprint density at radius 2 is 1.74 bits per heavy atom. The predicted molar refractivity (Wildman–Crippen MR) is 101 cm³/mol. The maximum Gasteiger partial charge on any atom is 0.245 e. The van der Waals surface area contributed by atoms with Gasteiger partial charge in [-0.2, -0.15) is 10.1 Å². The molecule has 4 rings (SSSR count). The minimum atomic E-state index is 0.0508. The Morgan fingerprint density at radius 1 is 1.00 bits per heavy atom. The fourth-order valence-electron chi connectivity index (χ4n) is 2.25. The first kappa shape index (κ1) is 16.7. The van der Waals surface area contributed by atoms with Crippen molar-refractivity contribution in [1.29, 1.82) is 0 Å². The van der Waals surface area contributed by atoms with Crippen LogP contribution in [0.1, 0.15) is 5.56 Å². The van der Waals surface area contributed by atoms with E-state index >= 15 is 0 Å². The quantitative estimate of drug-likeness (QED) is 0.354. The van der Waals surface area contributed by atoms with Gasteiger partial charge in [0, 0.05) is 16.3 Å². The number of aromatic nitrogens is 4. The van der Waals surface area contributed by atoms with Crippen LogP contribution in [0, 0.1) is 0 Å². The number of hydrazone groups is 1. The van der Waals surface area contributed by atoms with E-state index in [1.54, 1.807) is 12.1 Å². The first-order valence-electron chi connectivity index (χ1n) is 7.79. The molecule has 9 nitrogen and oxygen atoms in total. The Hall–Kier alpha value is -3.72. The third kappa shape index (κ3) is 3.77.